The molecule has 1 N–H and O–H groups in total. The third kappa shape index (κ3) is 6.75. The summed E-state index contributed by atoms with van der Waals surface area (Å²) in [5, 5.41) is 2.83. The number of hydrogen-bond acceptors (Lipinski definition) is 2. The second-order valence-electron chi connectivity index (χ2n) is 4.07. The average molecular weight is 201 g/mol. The third-order valence-electron chi connectivity index (χ3n) is 2.33. The van der Waals surface area contributed by atoms with E-state index in [-0.39, 0.29) is 12.1 Å². The van der Waals surface area contributed by atoms with Gasteiger partial charge in [0.25, 0.3) is 0 Å². The van der Waals surface area contributed by atoms with Gasteiger partial charge < -0.3 is 10.1 Å². The number of carbonyl (C=O) groups is 1. The molecule has 1 atom stereocenters. The van der Waals surface area contributed by atoms with E-state index in [0.29, 0.717) is 0 Å². The van der Waals surface area contributed by atoms with Gasteiger partial charge in [-0.05, 0) is 18.8 Å². The second kappa shape index (κ2) is 7.65. The lowest BCUT2D eigenvalue weighted by atomic mass is 10.0. The first-order valence-corrected chi connectivity index (χ1v) is 5.44. The Balaban J connectivity index is 3.63. The molecule has 0 rings (SSSR count). The van der Waals surface area contributed by atoms with Crippen LogP contribution in [0.4, 0.5) is 4.79 Å². The minimum Gasteiger partial charge on any atom is -0.453 e. The average Bonchev–Trinajstić information content (AvgIpc) is 2.15. The van der Waals surface area contributed by atoms with Crippen molar-refractivity contribution in [2.24, 2.45) is 5.92 Å². The second-order valence-corrected chi connectivity index (χ2v) is 4.07. The highest BCUT2D eigenvalue weighted by Gasteiger charge is 2.09. The van der Waals surface area contributed by atoms with Crippen molar-refractivity contribution in [2.75, 3.05) is 7.11 Å². The van der Waals surface area contributed by atoms with Gasteiger partial charge in [0.05, 0.1) is 7.11 Å². The van der Waals surface area contributed by atoms with Gasteiger partial charge in [0.15, 0.2) is 0 Å². The Hall–Kier alpha value is -0.730. The molecule has 0 bridgehead atoms. The van der Waals surface area contributed by atoms with Crippen molar-refractivity contribution in [3.05, 3.63) is 0 Å². The molecule has 84 valence electrons. The Kier molecular flexibility index (Phi) is 7.25. The predicted molar refractivity (Wildman–Crippen MR) is 58.3 cm³/mol. The van der Waals surface area contributed by atoms with Gasteiger partial charge in [0.1, 0.15) is 0 Å². The molecule has 0 radical (unpaired) electrons. The number of nitrogens with one attached hydrogen (secondary N) is 1. The summed E-state index contributed by atoms with van der Waals surface area (Å²) in [6.45, 7) is 6.51. The van der Waals surface area contributed by atoms with E-state index in [1.54, 1.807) is 0 Å². The zero-order chi connectivity index (χ0) is 11.0. The molecule has 1 amide bonds. The van der Waals surface area contributed by atoms with E-state index >= 15 is 0 Å². The van der Waals surface area contributed by atoms with Crippen LogP contribution in [0.15, 0.2) is 0 Å². The topological polar surface area (TPSA) is 38.3 Å². The number of hydrogen-bond donors (Lipinski definition) is 1. The Morgan fingerprint density at radius 1 is 1.36 bits per heavy atom. The minimum absolute atomic E-state index is 0.265. The molecule has 0 aromatic rings. The number of alkyl carbamates (subject to hydrolysis) is 1. The van der Waals surface area contributed by atoms with Gasteiger partial charge in [0.2, 0.25) is 0 Å². The molecule has 0 aliphatic carbocycles. The lowest BCUT2D eigenvalue weighted by molar-refractivity contribution is 0.165. The fourth-order valence-electron chi connectivity index (χ4n) is 1.38. The minimum atomic E-state index is -0.318. The van der Waals surface area contributed by atoms with Crippen LogP contribution >= 0.6 is 0 Å². The van der Waals surface area contributed by atoms with Crippen molar-refractivity contribution in [1.29, 1.82) is 0 Å². The summed E-state index contributed by atoms with van der Waals surface area (Å²) in [7, 11) is 1.40. The van der Waals surface area contributed by atoms with Crippen LogP contribution in [0.25, 0.3) is 0 Å². The Labute approximate surface area is 87.2 Å². The summed E-state index contributed by atoms with van der Waals surface area (Å²) >= 11 is 0. The highest BCUT2D eigenvalue weighted by atomic mass is 16.5. The van der Waals surface area contributed by atoms with Gasteiger partial charge in [-0.2, -0.15) is 0 Å². The maximum absolute atomic E-state index is 10.9. The Morgan fingerprint density at radius 3 is 2.43 bits per heavy atom. The first-order valence-electron chi connectivity index (χ1n) is 5.44. The largest absolute Gasteiger partial charge is 0.453 e. The van der Waals surface area contributed by atoms with E-state index in [4.69, 9.17) is 0 Å². The van der Waals surface area contributed by atoms with Crippen LogP contribution in [0.2, 0.25) is 0 Å². The molecule has 0 fully saturated rings. The summed E-state index contributed by atoms with van der Waals surface area (Å²) in [6, 6.07) is 0.265. The zero-order valence-corrected chi connectivity index (χ0v) is 9.80. The van der Waals surface area contributed by atoms with Crippen molar-refractivity contribution < 1.29 is 9.53 Å². The van der Waals surface area contributed by atoms with E-state index in [9.17, 15) is 4.79 Å². The highest BCUT2D eigenvalue weighted by Crippen LogP contribution is 2.10. The lowest BCUT2D eigenvalue weighted by Crippen LogP contribution is -2.34. The molecule has 14 heavy (non-hydrogen) atoms. The maximum Gasteiger partial charge on any atom is 0.407 e. The van der Waals surface area contributed by atoms with Crippen LogP contribution in [-0.4, -0.2) is 19.2 Å². The molecule has 0 aliphatic rings. The smallest absolute Gasteiger partial charge is 0.407 e. The molecule has 3 nitrogen and oxygen atoms in total. The first-order chi connectivity index (χ1) is 6.60. The zero-order valence-electron chi connectivity index (χ0n) is 9.80. The van der Waals surface area contributed by atoms with E-state index in [2.05, 4.69) is 30.8 Å². The van der Waals surface area contributed by atoms with Crippen molar-refractivity contribution in [3.63, 3.8) is 0 Å². The van der Waals surface area contributed by atoms with Crippen LogP contribution in [0.5, 0.6) is 0 Å². The molecular weight excluding hydrogens is 178 g/mol. The fraction of sp³-hybridized carbons (Fsp3) is 0.909. The SMILES string of the molecule is CCC(CCCC(C)C)NC(=O)OC. The number of methoxy groups -OCH3 is 1. The van der Waals surface area contributed by atoms with Crippen LogP contribution in [0.3, 0.4) is 0 Å². The van der Waals surface area contributed by atoms with E-state index in [0.717, 1.165) is 18.8 Å². The molecule has 0 heterocycles. The molecule has 1 unspecified atom stereocenters. The molecule has 0 saturated heterocycles. The van der Waals surface area contributed by atoms with Gasteiger partial charge in [-0.15, -0.1) is 0 Å². The molecular formula is C11H23NO2. The molecule has 0 saturated carbocycles. The van der Waals surface area contributed by atoms with Gasteiger partial charge in [-0.25, -0.2) is 4.79 Å². The molecule has 0 aliphatic heterocycles. The number of amides is 1. The lowest BCUT2D eigenvalue weighted by Gasteiger charge is -2.16. The quantitative estimate of drug-likeness (QED) is 0.717. The monoisotopic (exact) mass is 201 g/mol. The summed E-state index contributed by atoms with van der Waals surface area (Å²) in [5.41, 5.74) is 0. The van der Waals surface area contributed by atoms with Crippen LogP contribution in [-0.2, 0) is 4.74 Å². The van der Waals surface area contributed by atoms with Gasteiger partial charge in [-0.3, -0.25) is 0 Å². The van der Waals surface area contributed by atoms with Gasteiger partial charge in [0, 0.05) is 6.04 Å². The van der Waals surface area contributed by atoms with Gasteiger partial charge >= 0.3 is 6.09 Å². The van der Waals surface area contributed by atoms with Crippen molar-refractivity contribution >= 4 is 6.09 Å². The maximum atomic E-state index is 10.9. The standard InChI is InChI=1S/C11H23NO2/c1-5-10(12-11(13)14-4)8-6-7-9(2)3/h9-10H,5-8H2,1-4H3,(H,12,13). The van der Waals surface area contributed by atoms with Crippen molar-refractivity contribution in [3.8, 4) is 0 Å². The number of carbonyl (C=O) groups excluding carboxylic acids is 1. The number of ether oxygens (including phenoxy) is 1. The Morgan fingerprint density at radius 2 is 2.00 bits per heavy atom. The van der Waals surface area contributed by atoms with E-state index < -0.39 is 0 Å². The highest BCUT2D eigenvalue weighted by molar-refractivity contribution is 5.67. The van der Waals surface area contributed by atoms with Crippen molar-refractivity contribution in [2.45, 2.75) is 52.5 Å². The van der Waals surface area contributed by atoms with E-state index in [1.165, 1.54) is 20.0 Å². The summed E-state index contributed by atoms with van der Waals surface area (Å²) in [4.78, 5) is 10.9. The van der Waals surface area contributed by atoms with Crippen LogP contribution in [0, 0.1) is 5.92 Å². The summed E-state index contributed by atoms with van der Waals surface area (Å²) < 4.78 is 4.56. The molecule has 3 heteroatoms. The number of rotatable bonds is 6. The van der Waals surface area contributed by atoms with Crippen LogP contribution < -0.4 is 5.32 Å². The van der Waals surface area contributed by atoms with Crippen LogP contribution in [0.1, 0.15) is 46.5 Å². The molecule has 0 aromatic heterocycles. The van der Waals surface area contributed by atoms with Gasteiger partial charge in [-0.1, -0.05) is 33.6 Å². The summed E-state index contributed by atoms with van der Waals surface area (Å²) in [5.74, 6) is 0.741. The van der Waals surface area contributed by atoms with Crippen molar-refractivity contribution in [1.82, 2.24) is 5.32 Å². The first kappa shape index (κ1) is 13.3. The predicted octanol–water partition coefficient (Wildman–Crippen LogP) is 2.95. The molecule has 0 spiro atoms. The van der Waals surface area contributed by atoms with E-state index in [1.807, 2.05) is 0 Å². The molecule has 0 aromatic carbocycles. The Bertz CT molecular complexity index is 157. The normalized spacial score (nSPS) is 12.6. The fourth-order valence-corrected chi connectivity index (χ4v) is 1.38. The third-order valence-corrected chi connectivity index (χ3v) is 2.33. The summed E-state index contributed by atoms with van der Waals surface area (Å²) in [6.07, 6.45) is 4.08.